The van der Waals surface area contributed by atoms with Crippen molar-refractivity contribution < 1.29 is 23.4 Å². The van der Waals surface area contributed by atoms with Crippen LogP contribution >= 0.6 is 0 Å². The Balaban J connectivity index is 2.62. The number of hydrogen-bond donors (Lipinski definition) is 3. The molecule has 0 saturated heterocycles. The molecule has 0 bridgehead atoms. The first-order valence-corrected chi connectivity index (χ1v) is 6.79. The summed E-state index contributed by atoms with van der Waals surface area (Å²) >= 11 is 0. The van der Waals surface area contributed by atoms with E-state index in [1.807, 2.05) is 0 Å². The molecule has 6 nitrogen and oxygen atoms in total. The first-order valence-electron chi connectivity index (χ1n) is 5.25. The number of aliphatic hydroxyl groups excluding tert-OH is 1. The van der Waals surface area contributed by atoms with Crippen molar-refractivity contribution in [3.63, 3.8) is 0 Å². The summed E-state index contributed by atoms with van der Waals surface area (Å²) in [5.74, 6) is -1.37. The van der Waals surface area contributed by atoms with Crippen LogP contribution < -0.4 is 4.72 Å². The zero-order chi connectivity index (χ0) is 12.3. The van der Waals surface area contributed by atoms with E-state index in [1.54, 1.807) is 0 Å². The Morgan fingerprint density at radius 3 is 2.56 bits per heavy atom. The van der Waals surface area contributed by atoms with E-state index in [9.17, 15) is 18.3 Å². The molecule has 0 radical (unpaired) electrons. The van der Waals surface area contributed by atoms with E-state index in [2.05, 4.69) is 4.72 Å². The molecule has 3 atom stereocenters. The number of nitrogens with one attached hydrogen (secondary N) is 1. The van der Waals surface area contributed by atoms with Crippen LogP contribution in [0, 0.1) is 0 Å². The van der Waals surface area contributed by atoms with E-state index in [0.717, 1.165) is 13.3 Å². The van der Waals surface area contributed by atoms with Crippen molar-refractivity contribution in [1.82, 2.24) is 4.72 Å². The van der Waals surface area contributed by atoms with Gasteiger partial charge in [-0.05, 0) is 32.6 Å². The van der Waals surface area contributed by atoms with Crippen LogP contribution in [0.4, 0.5) is 0 Å². The Kier molecular flexibility index (Phi) is 4.28. The quantitative estimate of drug-likeness (QED) is 0.635. The highest BCUT2D eigenvalue weighted by molar-refractivity contribution is 7.90. The second kappa shape index (κ2) is 5.11. The van der Waals surface area contributed by atoms with Gasteiger partial charge in [0.05, 0.1) is 6.10 Å². The van der Waals surface area contributed by atoms with Gasteiger partial charge in [0.25, 0.3) is 0 Å². The molecule has 1 aliphatic rings. The molecule has 1 saturated carbocycles. The number of aliphatic carboxylic acids is 1. The minimum absolute atomic E-state index is 0.351. The highest BCUT2D eigenvalue weighted by Gasteiger charge is 2.31. The number of carboxylic acid groups (broad SMARTS) is 1. The highest BCUT2D eigenvalue weighted by atomic mass is 32.2. The van der Waals surface area contributed by atoms with Crippen molar-refractivity contribution in [1.29, 1.82) is 0 Å². The van der Waals surface area contributed by atoms with Gasteiger partial charge >= 0.3 is 5.97 Å². The summed E-state index contributed by atoms with van der Waals surface area (Å²) in [5.41, 5.74) is 0. The molecule has 7 heteroatoms. The van der Waals surface area contributed by atoms with Crippen LogP contribution in [0.15, 0.2) is 0 Å². The molecule has 0 spiro atoms. The third kappa shape index (κ3) is 3.43. The van der Waals surface area contributed by atoms with E-state index in [1.165, 1.54) is 0 Å². The second-order valence-electron chi connectivity index (χ2n) is 4.16. The number of carboxylic acids is 1. The van der Waals surface area contributed by atoms with Gasteiger partial charge in [-0.15, -0.1) is 0 Å². The summed E-state index contributed by atoms with van der Waals surface area (Å²) in [6, 6.07) is -0.351. The molecule has 0 amide bonds. The fourth-order valence-corrected chi connectivity index (χ4v) is 2.89. The van der Waals surface area contributed by atoms with E-state index in [4.69, 9.17) is 5.11 Å². The standard InChI is InChI=1S/C9H17NO5S/c1-6(9(12)13)16(14,15)10-7-3-2-4-8(11)5-7/h6-8,10-11H,2-5H2,1H3,(H,12,13). The van der Waals surface area contributed by atoms with Gasteiger partial charge < -0.3 is 10.2 Å². The minimum Gasteiger partial charge on any atom is -0.480 e. The summed E-state index contributed by atoms with van der Waals surface area (Å²) in [7, 11) is -3.84. The van der Waals surface area contributed by atoms with Gasteiger partial charge in [0.1, 0.15) is 0 Å². The SMILES string of the molecule is CC(C(=O)O)S(=O)(=O)NC1CCCC(O)C1. The molecule has 0 heterocycles. The molecular formula is C9H17NO5S. The monoisotopic (exact) mass is 251 g/mol. The van der Waals surface area contributed by atoms with E-state index in [0.29, 0.717) is 19.3 Å². The van der Waals surface area contributed by atoms with Crippen molar-refractivity contribution in [3.8, 4) is 0 Å². The molecular weight excluding hydrogens is 234 g/mol. The lowest BCUT2D eigenvalue weighted by Crippen LogP contribution is -2.45. The van der Waals surface area contributed by atoms with Crippen LogP contribution in [-0.4, -0.2) is 42.0 Å². The Bertz CT molecular complexity index is 353. The maximum absolute atomic E-state index is 11.6. The third-order valence-corrected chi connectivity index (χ3v) is 4.59. The molecule has 1 aliphatic carbocycles. The Morgan fingerprint density at radius 1 is 1.44 bits per heavy atom. The molecule has 3 N–H and O–H groups in total. The number of sulfonamides is 1. The minimum atomic E-state index is -3.84. The number of aliphatic hydroxyl groups is 1. The van der Waals surface area contributed by atoms with Gasteiger partial charge in [0.2, 0.25) is 10.0 Å². The maximum Gasteiger partial charge on any atom is 0.323 e. The Hall–Kier alpha value is -0.660. The zero-order valence-corrected chi connectivity index (χ0v) is 9.90. The van der Waals surface area contributed by atoms with E-state index < -0.39 is 27.3 Å². The lowest BCUT2D eigenvalue weighted by atomic mass is 9.94. The molecule has 1 fully saturated rings. The first kappa shape index (κ1) is 13.4. The molecule has 94 valence electrons. The summed E-state index contributed by atoms with van der Waals surface area (Å²) in [6.07, 6.45) is 1.91. The molecule has 0 aromatic carbocycles. The number of rotatable bonds is 4. The predicted octanol–water partition coefficient (Wildman–Crippen LogP) is -0.318. The Labute approximate surface area is 94.7 Å². The fraction of sp³-hybridized carbons (Fsp3) is 0.889. The van der Waals surface area contributed by atoms with Crippen LogP contribution in [0.3, 0.4) is 0 Å². The maximum atomic E-state index is 11.6. The molecule has 0 aromatic heterocycles. The molecule has 0 aromatic rings. The van der Waals surface area contributed by atoms with Crippen molar-refractivity contribution in [2.45, 2.75) is 50.0 Å². The predicted molar refractivity (Wildman–Crippen MR) is 57.4 cm³/mol. The van der Waals surface area contributed by atoms with Gasteiger partial charge in [-0.2, -0.15) is 0 Å². The normalized spacial score (nSPS) is 28.6. The van der Waals surface area contributed by atoms with Gasteiger partial charge in [0, 0.05) is 6.04 Å². The lowest BCUT2D eigenvalue weighted by Gasteiger charge is -2.27. The van der Waals surface area contributed by atoms with Gasteiger partial charge in [-0.3, -0.25) is 4.79 Å². The summed E-state index contributed by atoms with van der Waals surface area (Å²) in [6.45, 7) is 1.13. The molecule has 16 heavy (non-hydrogen) atoms. The average molecular weight is 251 g/mol. The average Bonchev–Trinajstić information content (AvgIpc) is 2.15. The first-order chi connectivity index (χ1) is 7.33. The van der Waals surface area contributed by atoms with Crippen LogP contribution in [0.2, 0.25) is 0 Å². The summed E-state index contributed by atoms with van der Waals surface area (Å²) < 4.78 is 25.5. The van der Waals surface area contributed by atoms with E-state index >= 15 is 0 Å². The van der Waals surface area contributed by atoms with Crippen molar-refractivity contribution in [3.05, 3.63) is 0 Å². The van der Waals surface area contributed by atoms with Crippen LogP contribution in [0.5, 0.6) is 0 Å². The molecule has 1 rings (SSSR count). The van der Waals surface area contributed by atoms with Crippen LogP contribution in [-0.2, 0) is 14.8 Å². The van der Waals surface area contributed by atoms with Crippen LogP contribution in [0.25, 0.3) is 0 Å². The largest absolute Gasteiger partial charge is 0.480 e. The van der Waals surface area contributed by atoms with Gasteiger partial charge in [-0.1, -0.05) is 0 Å². The summed E-state index contributed by atoms with van der Waals surface area (Å²) in [4.78, 5) is 10.6. The number of carbonyl (C=O) groups is 1. The smallest absolute Gasteiger partial charge is 0.323 e. The number of hydrogen-bond acceptors (Lipinski definition) is 4. The molecule has 0 aliphatic heterocycles. The van der Waals surface area contributed by atoms with Gasteiger partial charge in [0.15, 0.2) is 5.25 Å². The molecule has 3 unspecified atom stereocenters. The van der Waals surface area contributed by atoms with Gasteiger partial charge in [-0.25, -0.2) is 13.1 Å². The van der Waals surface area contributed by atoms with Crippen molar-refractivity contribution in [2.24, 2.45) is 0 Å². The summed E-state index contributed by atoms with van der Waals surface area (Å²) in [5, 5.41) is 16.5. The van der Waals surface area contributed by atoms with Crippen molar-refractivity contribution >= 4 is 16.0 Å². The lowest BCUT2D eigenvalue weighted by molar-refractivity contribution is -0.136. The highest BCUT2D eigenvalue weighted by Crippen LogP contribution is 2.19. The third-order valence-electron chi connectivity index (χ3n) is 2.79. The fourth-order valence-electron chi connectivity index (χ4n) is 1.74. The van der Waals surface area contributed by atoms with Crippen molar-refractivity contribution in [2.75, 3.05) is 0 Å². The Morgan fingerprint density at radius 2 is 2.06 bits per heavy atom. The van der Waals surface area contributed by atoms with E-state index in [-0.39, 0.29) is 6.04 Å². The van der Waals surface area contributed by atoms with Crippen LogP contribution in [0.1, 0.15) is 32.6 Å². The second-order valence-corrected chi connectivity index (χ2v) is 6.19. The zero-order valence-electron chi connectivity index (χ0n) is 9.09. The topological polar surface area (TPSA) is 104 Å².